The van der Waals surface area contributed by atoms with Crippen LogP contribution in [0.15, 0.2) is 35.2 Å². The third kappa shape index (κ3) is 7.38. The van der Waals surface area contributed by atoms with Crippen molar-refractivity contribution in [3.05, 3.63) is 30.3 Å². The molecule has 0 saturated carbocycles. The minimum Gasteiger partial charge on any atom is -0.380 e. The van der Waals surface area contributed by atoms with Crippen molar-refractivity contribution in [1.29, 1.82) is 0 Å². The first kappa shape index (κ1) is 19.1. The van der Waals surface area contributed by atoms with Gasteiger partial charge in [0.2, 0.25) is 10.0 Å². The molecule has 126 valence electrons. The van der Waals surface area contributed by atoms with Crippen molar-refractivity contribution in [3.8, 4) is 0 Å². The monoisotopic (exact) mass is 327 g/mol. The van der Waals surface area contributed by atoms with Gasteiger partial charge in [-0.25, -0.2) is 13.1 Å². The minimum atomic E-state index is -3.51. The molecule has 0 aliphatic carbocycles. The maximum atomic E-state index is 12.3. The zero-order chi connectivity index (χ0) is 16.9. The van der Waals surface area contributed by atoms with Crippen molar-refractivity contribution in [1.82, 2.24) is 4.72 Å². The van der Waals surface area contributed by atoms with Gasteiger partial charge in [-0.2, -0.15) is 0 Å². The van der Waals surface area contributed by atoms with Gasteiger partial charge in [-0.1, -0.05) is 39.0 Å². The summed E-state index contributed by atoms with van der Waals surface area (Å²) < 4.78 is 33.0. The summed E-state index contributed by atoms with van der Waals surface area (Å²) in [5.41, 5.74) is -0.343. The van der Waals surface area contributed by atoms with E-state index in [1.807, 2.05) is 13.8 Å². The molecule has 1 aromatic rings. The molecule has 5 heteroatoms. The summed E-state index contributed by atoms with van der Waals surface area (Å²) in [5.74, 6) is 0. The van der Waals surface area contributed by atoms with Gasteiger partial charge in [-0.05, 0) is 44.2 Å². The summed E-state index contributed by atoms with van der Waals surface area (Å²) in [4.78, 5) is 0.274. The number of rotatable bonds is 8. The Morgan fingerprint density at radius 2 is 1.64 bits per heavy atom. The van der Waals surface area contributed by atoms with E-state index in [-0.39, 0.29) is 4.90 Å². The molecule has 0 aliphatic rings. The highest BCUT2D eigenvalue weighted by molar-refractivity contribution is 7.89. The van der Waals surface area contributed by atoms with Gasteiger partial charge >= 0.3 is 0 Å². The summed E-state index contributed by atoms with van der Waals surface area (Å²) in [7, 11) is -3.51. The number of ether oxygens (including phenoxy) is 1. The van der Waals surface area contributed by atoms with Crippen molar-refractivity contribution in [2.24, 2.45) is 5.41 Å². The SMILES string of the molecule is CC(C)(C)CCCOCC(C)(C)NS(=O)(=O)c1ccccc1. The highest BCUT2D eigenvalue weighted by atomic mass is 32.2. The van der Waals surface area contributed by atoms with E-state index in [1.54, 1.807) is 30.3 Å². The van der Waals surface area contributed by atoms with Gasteiger partial charge in [0.25, 0.3) is 0 Å². The van der Waals surface area contributed by atoms with Crippen LogP contribution in [0.1, 0.15) is 47.5 Å². The molecule has 0 radical (unpaired) electrons. The van der Waals surface area contributed by atoms with E-state index in [9.17, 15) is 8.42 Å². The normalized spacial score (nSPS) is 13.3. The Morgan fingerprint density at radius 3 is 2.18 bits per heavy atom. The van der Waals surface area contributed by atoms with Gasteiger partial charge in [0.05, 0.1) is 17.0 Å². The first-order valence-electron chi connectivity index (χ1n) is 7.69. The molecule has 0 bridgehead atoms. The van der Waals surface area contributed by atoms with Gasteiger partial charge in [0.1, 0.15) is 0 Å². The molecule has 1 aromatic carbocycles. The average Bonchev–Trinajstić information content (AvgIpc) is 2.36. The first-order valence-corrected chi connectivity index (χ1v) is 9.17. The largest absolute Gasteiger partial charge is 0.380 e. The average molecular weight is 327 g/mol. The van der Waals surface area contributed by atoms with Gasteiger partial charge in [0.15, 0.2) is 0 Å². The van der Waals surface area contributed by atoms with E-state index in [2.05, 4.69) is 25.5 Å². The van der Waals surface area contributed by atoms with Crippen LogP contribution < -0.4 is 4.72 Å². The summed E-state index contributed by atoms with van der Waals surface area (Å²) in [5, 5.41) is 0. The fourth-order valence-electron chi connectivity index (χ4n) is 2.08. The lowest BCUT2D eigenvalue weighted by molar-refractivity contribution is 0.0836. The molecule has 1 N–H and O–H groups in total. The zero-order valence-electron chi connectivity index (χ0n) is 14.3. The standard InChI is InChI=1S/C17H29NO3S/c1-16(2,3)12-9-13-21-14-17(4,5)18-22(19,20)15-10-7-6-8-11-15/h6-8,10-11,18H,9,12-14H2,1-5H3. The second-order valence-electron chi connectivity index (χ2n) is 7.52. The fourth-order valence-corrected chi connectivity index (χ4v) is 3.50. The third-order valence-electron chi connectivity index (χ3n) is 3.14. The van der Waals surface area contributed by atoms with Crippen LogP contribution in [0.5, 0.6) is 0 Å². The van der Waals surface area contributed by atoms with Gasteiger partial charge in [0, 0.05) is 6.61 Å². The Hall–Kier alpha value is -0.910. The Labute approximate surface area is 135 Å². The Bertz CT molecular complexity index is 545. The molecule has 22 heavy (non-hydrogen) atoms. The van der Waals surface area contributed by atoms with Crippen molar-refractivity contribution in [3.63, 3.8) is 0 Å². The van der Waals surface area contributed by atoms with Gasteiger partial charge in [-0.15, -0.1) is 0 Å². The molecule has 0 aliphatic heterocycles. The molecule has 0 aromatic heterocycles. The summed E-state index contributed by atoms with van der Waals surface area (Å²) in [6, 6.07) is 8.39. The highest BCUT2D eigenvalue weighted by Crippen LogP contribution is 2.20. The molecule has 0 saturated heterocycles. The maximum Gasteiger partial charge on any atom is 0.241 e. The van der Waals surface area contributed by atoms with Crippen LogP contribution in [0.3, 0.4) is 0 Å². The van der Waals surface area contributed by atoms with E-state index in [4.69, 9.17) is 4.74 Å². The Balaban J connectivity index is 2.47. The number of benzene rings is 1. The molecule has 0 amide bonds. The predicted octanol–water partition coefficient (Wildman–Crippen LogP) is 3.59. The summed E-state index contributed by atoms with van der Waals surface area (Å²) >= 11 is 0. The molecule has 4 nitrogen and oxygen atoms in total. The molecule has 0 atom stereocenters. The van der Waals surface area contributed by atoms with Crippen LogP contribution in [0, 0.1) is 5.41 Å². The first-order chi connectivity index (χ1) is 10.0. The van der Waals surface area contributed by atoms with Gasteiger partial charge < -0.3 is 4.74 Å². The van der Waals surface area contributed by atoms with E-state index in [1.165, 1.54) is 0 Å². The third-order valence-corrected chi connectivity index (χ3v) is 4.86. The molecular weight excluding hydrogens is 298 g/mol. The van der Waals surface area contributed by atoms with Crippen LogP contribution in [-0.4, -0.2) is 27.2 Å². The number of hydrogen-bond donors (Lipinski definition) is 1. The lowest BCUT2D eigenvalue weighted by Gasteiger charge is -2.26. The number of nitrogens with one attached hydrogen (secondary N) is 1. The summed E-state index contributed by atoms with van der Waals surface area (Å²) in [6.45, 7) is 11.3. The van der Waals surface area contributed by atoms with Crippen LogP contribution in [0.2, 0.25) is 0 Å². The van der Waals surface area contributed by atoms with Crippen molar-refractivity contribution < 1.29 is 13.2 Å². The number of sulfonamides is 1. The second kappa shape index (κ2) is 7.57. The van der Waals surface area contributed by atoms with E-state index in [0.717, 1.165) is 12.8 Å². The molecule has 1 rings (SSSR count). The lowest BCUT2D eigenvalue weighted by Crippen LogP contribution is -2.46. The van der Waals surface area contributed by atoms with Crippen LogP contribution >= 0.6 is 0 Å². The molecule has 0 unspecified atom stereocenters. The Morgan fingerprint density at radius 1 is 1.05 bits per heavy atom. The highest BCUT2D eigenvalue weighted by Gasteiger charge is 2.26. The van der Waals surface area contributed by atoms with E-state index in [0.29, 0.717) is 18.6 Å². The topological polar surface area (TPSA) is 55.4 Å². The second-order valence-corrected chi connectivity index (χ2v) is 9.20. The summed E-state index contributed by atoms with van der Waals surface area (Å²) in [6.07, 6.45) is 2.06. The fraction of sp³-hybridized carbons (Fsp3) is 0.647. The van der Waals surface area contributed by atoms with E-state index < -0.39 is 15.6 Å². The van der Waals surface area contributed by atoms with Crippen molar-refractivity contribution in [2.45, 2.75) is 57.9 Å². The van der Waals surface area contributed by atoms with Crippen molar-refractivity contribution in [2.75, 3.05) is 13.2 Å². The maximum absolute atomic E-state index is 12.3. The van der Waals surface area contributed by atoms with E-state index >= 15 is 0 Å². The van der Waals surface area contributed by atoms with Crippen LogP contribution in [-0.2, 0) is 14.8 Å². The minimum absolute atomic E-state index is 0.274. The number of hydrogen-bond acceptors (Lipinski definition) is 3. The van der Waals surface area contributed by atoms with Crippen LogP contribution in [0.25, 0.3) is 0 Å². The molecule has 0 heterocycles. The predicted molar refractivity (Wildman–Crippen MR) is 90.4 cm³/mol. The smallest absolute Gasteiger partial charge is 0.241 e. The molecule has 0 fully saturated rings. The lowest BCUT2D eigenvalue weighted by atomic mass is 9.91. The van der Waals surface area contributed by atoms with Gasteiger partial charge in [-0.3, -0.25) is 0 Å². The van der Waals surface area contributed by atoms with Crippen LogP contribution in [0.4, 0.5) is 0 Å². The van der Waals surface area contributed by atoms with Crippen molar-refractivity contribution >= 4 is 10.0 Å². The zero-order valence-corrected chi connectivity index (χ0v) is 15.2. The molecular formula is C17H29NO3S. The quantitative estimate of drug-likeness (QED) is 0.742. The molecule has 0 spiro atoms. The Kier molecular flexibility index (Phi) is 6.59.